The molecule has 1 aromatic heterocycles. The Kier molecular flexibility index (Phi) is 5.53. The van der Waals surface area contributed by atoms with Gasteiger partial charge in [-0.1, -0.05) is 26.7 Å². The third-order valence-electron chi connectivity index (χ3n) is 2.66. The molecule has 0 aliphatic heterocycles. The van der Waals surface area contributed by atoms with Crippen molar-refractivity contribution in [1.29, 1.82) is 0 Å². The Labute approximate surface area is 101 Å². The van der Waals surface area contributed by atoms with Gasteiger partial charge < -0.3 is 5.11 Å². The highest BCUT2D eigenvalue weighted by molar-refractivity contribution is 7.14. The summed E-state index contributed by atoms with van der Waals surface area (Å²) in [4.78, 5) is 12.7. The van der Waals surface area contributed by atoms with Gasteiger partial charge in [-0.15, -0.1) is 11.3 Å². The molecular formula is C13H20O2S. The number of rotatable bonds is 7. The van der Waals surface area contributed by atoms with Gasteiger partial charge in [-0.3, -0.25) is 0 Å². The number of thiophene rings is 1. The first-order valence-corrected chi connectivity index (χ1v) is 6.85. The van der Waals surface area contributed by atoms with E-state index in [-0.39, 0.29) is 0 Å². The zero-order valence-corrected chi connectivity index (χ0v) is 10.9. The van der Waals surface area contributed by atoms with Crippen LogP contribution in [0.1, 0.15) is 59.6 Å². The molecule has 0 saturated carbocycles. The first-order valence-electron chi connectivity index (χ1n) is 6.03. The van der Waals surface area contributed by atoms with E-state index in [1.807, 2.05) is 6.07 Å². The highest BCUT2D eigenvalue weighted by Crippen LogP contribution is 2.26. The number of aromatic carboxylic acids is 1. The summed E-state index contributed by atoms with van der Waals surface area (Å²) < 4.78 is 0. The number of carbonyl (C=O) groups is 1. The van der Waals surface area contributed by atoms with E-state index < -0.39 is 5.97 Å². The molecule has 0 unspecified atom stereocenters. The van der Waals surface area contributed by atoms with E-state index in [9.17, 15) is 4.79 Å². The molecule has 0 aliphatic rings. The standard InChI is InChI=1S/C13H20O2S/c1-3-5-7-10-9-12(13(14)15)16-11(10)8-6-4-2/h9H,3-8H2,1-2H3,(H,14,15). The average Bonchev–Trinajstić information content (AvgIpc) is 2.67. The molecule has 0 atom stereocenters. The molecule has 0 bridgehead atoms. The number of unbranched alkanes of at least 4 members (excludes halogenated alkanes) is 2. The molecular weight excluding hydrogens is 220 g/mol. The molecule has 90 valence electrons. The van der Waals surface area contributed by atoms with Crippen LogP contribution in [-0.2, 0) is 12.8 Å². The van der Waals surface area contributed by atoms with Gasteiger partial charge in [0.1, 0.15) is 4.88 Å². The maximum Gasteiger partial charge on any atom is 0.345 e. The van der Waals surface area contributed by atoms with Crippen molar-refractivity contribution in [2.24, 2.45) is 0 Å². The SMILES string of the molecule is CCCCc1cc(C(=O)O)sc1CCCC. The van der Waals surface area contributed by atoms with Crippen LogP contribution in [0.2, 0.25) is 0 Å². The van der Waals surface area contributed by atoms with E-state index in [1.54, 1.807) is 0 Å². The molecule has 0 aromatic carbocycles. The van der Waals surface area contributed by atoms with Crippen LogP contribution in [0.4, 0.5) is 0 Å². The number of hydrogen-bond acceptors (Lipinski definition) is 2. The van der Waals surface area contributed by atoms with Crippen molar-refractivity contribution in [3.05, 3.63) is 21.4 Å². The summed E-state index contributed by atoms with van der Waals surface area (Å²) in [5.74, 6) is -0.787. The highest BCUT2D eigenvalue weighted by atomic mass is 32.1. The van der Waals surface area contributed by atoms with Crippen molar-refractivity contribution >= 4 is 17.3 Å². The maximum absolute atomic E-state index is 10.9. The number of carboxylic acids is 1. The summed E-state index contributed by atoms with van der Waals surface area (Å²) >= 11 is 1.46. The van der Waals surface area contributed by atoms with Crippen LogP contribution < -0.4 is 0 Å². The van der Waals surface area contributed by atoms with Crippen molar-refractivity contribution < 1.29 is 9.90 Å². The van der Waals surface area contributed by atoms with Gasteiger partial charge in [0.15, 0.2) is 0 Å². The Morgan fingerprint density at radius 1 is 1.25 bits per heavy atom. The molecule has 2 nitrogen and oxygen atoms in total. The number of hydrogen-bond donors (Lipinski definition) is 1. The molecule has 1 N–H and O–H groups in total. The molecule has 1 rings (SSSR count). The first-order chi connectivity index (χ1) is 7.69. The minimum atomic E-state index is -0.787. The Morgan fingerprint density at radius 2 is 1.88 bits per heavy atom. The predicted molar refractivity (Wildman–Crippen MR) is 68.5 cm³/mol. The van der Waals surface area contributed by atoms with Crippen LogP contribution in [0.3, 0.4) is 0 Å². The van der Waals surface area contributed by atoms with Gasteiger partial charge in [0.2, 0.25) is 0 Å². The lowest BCUT2D eigenvalue weighted by Gasteiger charge is -2.01. The normalized spacial score (nSPS) is 10.6. The van der Waals surface area contributed by atoms with Crippen molar-refractivity contribution in [1.82, 2.24) is 0 Å². The second-order valence-electron chi connectivity index (χ2n) is 4.07. The predicted octanol–water partition coefficient (Wildman–Crippen LogP) is 4.13. The Bertz CT molecular complexity index is 316. The van der Waals surface area contributed by atoms with Crippen LogP contribution >= 0.6 is 11.3 Å². The molecule has 16 heavy (non-hydrogen) atoms. The van der Waals surface area contributed by atoms with Gasteiger partial charge in [-0.05, 0) is 37.3 Å². The van der Waals surface area contributed by atoms with Gasteiger partial charge in [0, 0.05) is 4.88 Å². The summed E-state index contributed by atoms with van der Waals surface area (Å²) in [6.07, 6.45) is 6.68. The Morgan fingerprint density at radius 3 is 2.44 bits per heavy atom. The molecule has 3 heteroatoms. The lowest BCUT2D eigenvalue weighted by molar-refractivity contribution is 0.0702. The molecule has 0 saturated heterocycles. The molecule has 0 spiro atoms. The second-order valence-corrected chi connectivity index (χ2v) is 5.21. The van der Waals surface area contributed by atoms with Gasteiger partial charge in [-0.25, -0.2) is 4.79 Å². The fourth-order valence-electron chi connectivity index (χ4n) is 1.70. The zero-order valence-electron chi connectivity index (χ0n) is 10.1. The van der Waals surface area contributed by atoms with E-state index >= 15 is 0 Å². The third-order valence-corrected chi connectivity index (χ3v) is 3.89. The maximum atomic E-state index is 10.9. The molecule has 0 amide bonds. The average molecular weight is 240 g/mol. The van der Waals surface area contributed by atoms with Crippen molar-refractivity contribution in [3.63, 3.8) is 0 Å². The summed E-state index contributed by atoms with van der Waals surface area (Å²) in [5.41, 5.74) is 1.26. The van der Waals surface area contributed by atoms with E-state index in [2.05, 4.69) is 13.8 Å². The topological polar surface area (TPSA) is 37.3 Å². The van der Waals surface area contributed by atoms with Gasteiger partial charge in [0.25, 0.3) is 0 Å². The summed E-state index contributed by atoms with van der Waals surface area (Å²) in [7, 11) is 0. The zero-order chi connectivity index (χ0) is 12.0. The second kappa shape index (κ2) is 6.69. The van der Waals surface area contributed by atoms with Gasteiger partial charge in [0.05, 0.1) is 0 Å². The van der Waals surface area contributed by atoms with Crippen molar-refractivity contribution in [3.8, 4) is 0 Å². The highest BCUT2D eigenvalue weighted by Gasteiger charge is 2.12. The number of carboxylic acid groups (broad SMARTS) is 1. The van der Waals surface area contributed by atoms with Crippen LogP contribution in [0.15, 0.2) is 6.07 Å². The smallest absolute Gasteiger partial charge is 0.345 e. The summed E-state index contributed by atoms with van der Waals surface area (Å²) in [6, 6.07) is 1.87. The lowest BCUT2D eigenvalue weighted by atomic mass is 10.1. The summed E-state index contributed by atoms with van der Waals surface area (Å²) in [6.45, 7) is 4.33. The van der Waals surface area contributed by atoms with Crippen molar-refractivity contribution in [2.75, 3.05) is 0 Å². The van der Waals surface area contributed by atoms with Crippen molar-refractivity contribution in [2.45, 2.75) is 52.4 Å². The Balaban J connectivity index is 2.79. The van der Waals surface area contributed by atoms with Crippen LogP contribution in [0, 0.1) is 0 Å². The minimum absolute atomic E-state index is 0.497. The summed E-state index contributed by atoms with van der Waals surface area (Å²) in [5, 5.41) is 8.98. The van der Waals surface area contributed by atoms with Crippen LogP contribution in [0.5, 0.6) is 0 Å². The van der Waals surface area contributed by atoms with Gasteiger partial charge in [-0.2, -0.15) is 0 Å². The van der Waals surface area contributed by atoms with Crippen LogP contribution in [0.25, 0.3) is 0 Å². The molecule has 0 aliphatic carbocycles. The van der Waals surface area contributed by atoms with E-state index in [4.69, 9.17) is 5.11 Å². The Hall–Kier alpha value is -0.830. The molecule has 0 radical (unpaired) electrons. The first kappa shape index (κ1) is 13.2. The quantitative estimate of drug-likeness (QED) is 0.778. The monoisotopic (exact) mass is 240 g/mol. The lowest BCUT2D eigenvalue weighted by Crippen LogP contribution is -1.91. The molecule has 0 fully saturated rings. The van der Waals surface area contributed by atoms with Crippen LogP contribution in [-0.4, -0.2) is 11.1 Å². The van der Waals surface area contributed by atoms with E-state index in [0.29, 0.717) is 4.88 Å². The third kappa shape index (κ3) is 3.63. The van der Waals surface area contributed by atoms with Gasteiger partial charge >= 0.3 is 5.97 Å². The fraction of sp³-hybridized carbons (Fsp3) is 0.615. The number of aryl methyl sites for hydroxylation is 2. The largest absolute Gasteiger partial charge is 0.477 e. The molecule has 1 aromatic rings. The molecule has 1 heterocycles. The van der Waals surface area contributed by atoms with E-state index in [1.165, 1.54) is 21.8 Å². The van der Waals surface area contributed by atoms with E-state index in [0.717, 1.165) is 38.5 Å². The fourth-order valence-corrected chi connectivity index (χ4v) is 2.79. The minimum Gasteiger partial charge on any atom is -0.477 e.